The zero-order chi connectivity index (χ0) is 19.1. The lowest BCUT2D eigenvalue weighted by atomic mass is 10.0. The van der Waals surface area contributed by atoms with Crippen molar-refractivity contribution in [2.75, 3.05) is 59.0 Å². The maximum atomic E-state index is 5.47. The van der Waals surface area contributed by atoms with Crippen LogP contribution in [0.4, 0.5) is 0 Å². The molecule has 27 heavy (non-hydrogen) atoms. The highest BCUT2D eigenvalue weighted by Crippen LogP contribution is 2.20. The SMILES string of the molecule is CCNC(=NCC(C)c1ccc(C)cc1)N1CCC(CN2CCOCC2)C1. The van der Waals surface area contributed by atoms with Gasteiger partial charge in [0.2, 0.25) is 0 Å². The maximum absolute atomic E-state index is 5.47. The zero-order valence-corrected chi connectivity index (χ0v) is 17.3. The number of nitrogens with zero attached hydrogens (tertiary/aromatic N) is 3. The minimum atomic E-state index is 0.436. The minimum Gasteiger partial charge on any atom is -0.379 e. The van der Waals surface area contributed by atoms with Gasteiger partial charge in [-0.2, -0.15) is 0 Å². The van der Waals surface area contributed by atoms with Crippen LogP contribution in [-0.4, -0.2) is 74.8 Å². The molecule has 2 fully saturated rings. The van der Waals surface area contributed by atoms with Crippen LogP contribution in [0.25, 0.3) is 0 Å². The van der Waals surface area contributed by atoms with E-state index < -0.39 is 0 Å². The quantitative estimate of drug-likeness (QED) is 0.616. The fourth-order valence-electron chi connectivity index (χ4n) is 3.97. The van der Waals surface area contributed by atoms with Crippen molar-refractivity contribution in [3.63, 3.8) is 0 Å². The third kappa shape index (κ3) is 5.94. The van der Waals surface area contributed by atoms with Gasteiger partial charge >= 0.3 is 0 Å². The van der Waals surface area contributed by atoms with Crippen molar-refractivity contribution in [3.8, 4) is 0 Å². The minimum absolute atomic E-state index is 0.436. The molecule has 2 unspecified atom stereocenters. The molecule has 5 nitrogen and oxygen atoms in total. The molecule has 0 aliphatic carbocycles. The fraction of sp³-hybridized carbons (Fsp3) is 0.682. The fourth-order valence-corrected chi connectivity index (χ4v) is 3.97. The molecule has 1 aromatic carbocycles. The van der Waals surface area contributed by atoms with Crippen molar-refractivity contribution < 1.29 is 4.74 Å². The van der Waals surface area contributed by atoms with Crippen molar-refractivity contribution in [2.45, 2.75) is 33.1 Å². The maximum Gasteiger partial charge on any atom is 0.193 e. The van der Waals surface area contributed by atoms with Crippen molar-refractivity contribution in [2.24, 2.45) is 10.9 Å². The highest BCUT2D eigenvalue weighted by Gasteiger charge is 2.27. The molecule has 0 amide bonds. The molecule has 2 aliphatic rings. The first-order chi connectivity index (χ1) is 13.2. The monoisotopic (exact) mass is 372 g/mol. The Morgan fingerprint density at radius 3 is 2.67 bits per heavy atom. The van der Waals surface area contributed by atoms with E-state index in [1.54, 1.807) is 0 Å². The number of aryl methyl sites for hydroxylation is 1. The number of guanidine groups is 1. The smallest absolute Gasteiger partial charge is 0.193 e. The molecule has 0 bridgehead atoms. The summed E-state index contributed by atoms with van der Waals surface area (Å²) < 4.78 is 5.47. The summed E-state index contributed by atoms with van der Waals surface area (Å²) in [6.45, 7) is 15.7. The summed E-state index contributed by atoms with van der Waals surface area (Å²) in [5.41, 5.74) is 2.68. The van der Waals surface area contributed by atoms with E-state index in [9.17, 15) is 0 Å². The second kappa shape index (κ2) is 10.1. The van der Waals surface area contributed by atoms with Gasteiger partial charge in [-0.05, 0) is 31.7 Å². The van der Waals surface area contributed by atoms with Crippen molar-refractivity contribution in [3.05, 3.63) is 35.4 Å². The lowest BCUT2D eigenvalue weighted by Gasteiger charge is -2.29. The third-order valence-electron chi connectivity index (χ3n) is 5.70. The van der Waals surface area contributed by atoms with Crippen LogP contribution in [0.15, 0.2) is 29.3 Å². The molecule has 0 aromatic heterocycles. The van der Waals surface area contributed by atoms with Crippen molar-refractivity contribution >= 4 is 5.96 Å². The molecule has 3 rings (SSSR count). The van der Waals surface area contributed by atoms with E-state index in [0.717, 1.165) is 64.4 Å². The average molecular weight is 373 g/mol. The third-order valence-corrected chi connectivity index (χ3v) is 5.70. The van der Waals surface area contributed by atoms with E-state index in [-0.39, 0.29) is 0 Å². The van der Waals surface area contributed by atoms with Gasteiger partial charge in [-0.3, -0.25) is 9.89 Å². The lowest BCUT2D eigenvalue weighted by molar-refractivity contribution is 0.0315. The Balaban J connectivity index is 1.54. The molecule has 1 aromatic rings. The molecular weight excluding hydrogens is 336 g/mol. The first kappa shape index (κ1) is 20.2. The van der Waals surface area contributed by atoms with Gasteiger partial charge in [0, 0.05) is 51.7 Å². The molecule has 0 spiro atoms. The largest absolute Gasteiger partial charge is 0.379 e. The van der Waals surface area contributed by atoms with Crippen LogP contribution in [0.2, 0.25) is 0 Å². The average Bonchev–Trinajstić information content (AvgIpc) is 3.14. The standard InChI is InChI=1S/C22H36N4O/c1-4-23-22(24-15-19(3)21-7-5-18(2)6-8-21)26-10-9-20(17-26)16-25-11-13-27-14-12-25/h5-8,19-20H,4,9-17H2,1-3H3,(H,23,24). The first-order valence-corrected chi connectivity index (χ1v) is 10.6. The Morgan fingerprint density at radius 2 is 1.96 bits per heavy atom. The Labute approximate surface area is 164 Å². The van der Waals surface area contributed by atoms with Crippen LogP contribution >= 0.6 is 0 Å². The number of hydrogen-bond acceptors (Lipinski definition) is 3. The molecule has 0 saturated carbocycles. The van der Waals surface area contributed by atoms with Gasteiger partial charge in [0.05, 0.1) is 13.2 Å². The summed E-state index contributed by atoms with van der Waals surface area (Å²) in [7, 11) is 0. The Kier molecular flexibility index (Phi) is 7.53. The Hall–Kier alpha value is -1.59. The molecule has 5 heteroatoms. The van der Waals surface area contributed by atoms with Gasteiger partial charge in [0.1, 0.15) is 0 Å². The number of likely N-dealkylation sites (tertiary alicyclic amines) is 1. The van der Waals surface area contributed by atoms with Crippen LogP contribution in [-0.2, 0) is 4.74 Å². The summed E-state index contributed by atoms with van der Waals surface area (Å²) in [4.78, 5) is 9.98. The van der Waals surface area contributed by atoms with Gasteiger partial charge < -0.3 is 15.0 Å². The molecule has 2 aliphatic heterocycles. The van der Waals surface area contributed by atoms with E-state index in [4.69, 9.17) is 9.73 Å². The Bertz CT molecular complexity index is 595. The van der Waals surface area contributed by atoms with Gasteiger partial charge in [0.25, 0.3) is 0 Å². The molecule has 2 heterocycles. The van der Waals surface area contributed by atoms with Gasteiger partial charge in [-0.25, -0.2) is 0 Å². The van der Waals surface area contributed by atoms with Crippen LogP contribution in [0.3, 0.4) is 0 Å². The molecule has 2 atom stereocenters. The van der Waals surface area contributed by atoms with Gasteiger partial charge in [-0.1, -0.05) is 36.8 Å². The van der Waals surface area contributed by atoms with E-state index in [1.807, 2.05) is 0 Å². The highest BCUT2D eigenvalue weighted by molar-refractivity contribution is 5.80. The summed E-state index contributed by atoms with van der Waals surface area (Å²) in [6.07, 6.45) is 1.26. The van der Waals surface area contributed by atoms with Crippen molar-refractivity contribution in [1.29, 1.82) is 0 Å². The highest BCUT2D eigenvalue weighted by atomic mass is 16.5. The zero-order valence-electron chi connectivity index (χ0n) is 17.3. The van der Waals surface area contributed by atoms with E-state index in [1.165, 1.54) is 24.1 Å². The normalized spacial score (nSPS) is 22.9. The number of benzene rings is 1. The Morgan fingerprint density at radius 1 is 1.22 bits per heavy atom. The predicted octanol–water partition coefficient (Wildman–Crippen LogP) is 2.72. The molecule has 1 N–H and O–H groups in total. The van der Waals surface area contributed by atoms with Crippen LogP contribution in [0, 0.1) is 12.8 Å². The predicted molar refractivity (Wildman–Crippen MR) is 113 cm³/mol. The second-order valence-electron chi connectivity index (χ2n) is 8.02. The number of hydrogen-bond donors (Lipinski definition) is 1. The number of aliphatic imine (C=N–C) groups is 1. The van der Waals surface area contributed by atoms with E-state index in [2.05, 4.69) is 60.2 Å². The van der Waals surface area contributed by atoms with Crippen LogP contribution in [0.1, 0.15) is 37.3 Å². The molecule has 150 valence electrons. The summed E-state index contributed by atoms with van der Waals surface area (Å²) in [5.74, 6) is 2.26. The van der Waals surface area contributed by atoms with E-state index in [0.29, 0.717) is 5.92 Å². The number of rotatable bonds is 6. The molecule has 2 saturated heterocycles. The lowest BCUT2D eigenvalue weighted by Crippen LogP contribution is -2.42. The topological polar surface area (TPSA) is 40.1 Å². The first-order valence-electron chi connectivity index (χ1n) is 10.6. The number of ether oxygens (including phenoxy) is 1. The molecule has 0 radical (unpaired) electrons. The van der Waals surface area contributed by atoms with Crippen LogP contribution in [0.5, 0.6) is 0 Å². The van der Waals surface area contributed by atoms with Crippen molar-refractivity contribution in [1.82, 2.24) is 15.1 Å². The second-order valence-corrected chi connectivity index (χ2v) is 8.02. The van der Waals surface area contributed by atoms with E-state index >= 15 is 0 Å². The summed E-state index contributed by atoms with van der Waals surface area (Å²) >= 11 is 0. The van der Waals surface area contributed by atoms with Gasteiger partial charge in [-0.15, -0.1) is 0 Å². The summed E-state index contributed by atoms with van der Waals surface area (Å²) in [6, 6.07) is 8.85. The van der Waals surface area contributed by atoms with Gasteiger partial charge in [0.15, 0.2) is 5.96 Å². The molecular formula is C22H36N4O. The number of nitrogens with one attached hydrogen (secondary N) is 1. The van der Waals surface area contributed by atoms with Crippen LogP contribution < -0.4 is 5.32 Å². The summed E-state index contributed by atoms with van der Waals surface area (Å²) in [5, 5.41) is 3.51. The number of morpholine rings is 1.